The van der Waals surface area contributed by atoms with Crippen molar-refractivity contribution < 1.29 is 14.3 Å². The van der Waals surface area contributed by atoms with E-state index in [1.54, 1.807) is 33.0 Å². The predicted octanol–water partition coefficient (Wildman–Crippen LogP) is 2.14. The number of aryl methyl sites for hydroxylation is 2. The van der Waals surface area contributed by atoms with E-state index in [2.05, 4.69) is 5.32 Å². The SMILES string of the molecule is Cc1cc(C(C)NC(=O)N(C)CCO)cc(C)c1F. The standard InChI is InChI=1S/C14H21FN2O2/c1-9-7-12(8-10(2)13(9)15)11(3)16-14(19)17(4)5-6-18/h7-8,11,18H,5-6H2,1-4H3,(H,16,19). The molecule has 19 heavy (non-hydrogen) atoms. The third kappa shape index (κ3) is 3.92. The summed E-state index contributed by atoms with van der Waals surface area (Å²) in [6.07, 6.45) is 0. The van der Waals surface area contributed by atoms with Crippen molar-refractivity contribution >= 4 is 6.03 Å². The molecular formula is C14H21FN2O2. The number of urea groups is 1. The van der Waals surface area contributed by atoms with E-state index >= 15 is 0 Å². The monoisotopic (exact) mass is 268 g/mol. The van der Waals surface area contributed by atoms with Crippen LogP contribution in [0.2, 0.25) is 0 Å². The van der Waals surface area contributed by atoms with Crippen LogP contribution >= 0.6 is 0 Å². The molecule has 2 amide bonds. The second-order valence-electron chi connectivity index (χ2n) is 4.79. The number of aliphatic hydroxyl groups excluding tert-OH is 1. The molecular weight excluding hydrogens is 247 g/mol. The lowest BCUT2D eigenvalue weighted by molar-refractivity contribution is 0.188. The zero-order valence-electron chi connectivity index (χ0n) is 11.8. The van der Waals surface area contributed by atoms with Crippen LogP contribution in [0.15, 0.2) is 12.1 Å². The molecule has 0 fully saturated rings. The fraction of sp³-hybridized carbons (Fsp3) is 0.500. The van der Waals surface area contributed by atoms with E-state index in [0.29, 0.717) is 11.1 Å². The minimum absolute atomic E-state index is 0.0763. The summed E-state index contributed by atoms with van der Waals surface area (Å²) >= 11 is 0. The number of nitrogens with zero attached hydrogens (tertiary/aromatic N) is 1. The third-order valence-corrected chi connectivity index (χ3v) is 3.08. The van der Waals surface area contributed by atoms with Gasteiger partial charge in [0.1, 0.15) is 5.82 Å². The maximum atomic E-state index is 13.5. The first-order valence-electron chi connectivity index (χ1n) is 6.26. The van der Waals surface area contributed by atoms with Crippen molar-refractivity contribution in [2.45, 2.75) is 26.8 Å². The van der Waals surface area contributed by atoms with Gasteiger partial charge in [-0.2, -0.15) is 0 Å². The molecule has 4 nitrogen and oxygen atoms in total. The van der Waals surface area contributed by atoms with Crippen LogP contribution in [-0.4, -0.2) is 36.2 Å². The molecule has 0 saturated heterocycles. The number of aliphatic hydroxyl groups is 1. The van der Waals surface area contributed by atoms with Crippen LogP contribution in [0, 0.1) is 19.7 Å². The minimum atomic E-state index is -0.263. The lowest BCUT2D eigenvalue weighted by atomic mass is 10.0. The summed E-state index contributed by atoms with van der Waals surface area (Å²) in [5.41, 5.74) is 2.00. The van der Waals surface area contributed by atoms with E-state index in [1.165, 1.54) is 4.90 Å². The van der Waals surface area contributed by atoms with Gasteiger partial charge in [-0.15, -0.1) is 0 Å². The van der Waals surface area contributed by atoms with Crippen molar-refractivity contribution in [2.24, 2.45) is 0 Å². The van der Waals surface area contributed by atoms with Crippen LogP contribution in [0.4, 0.5) is 9.18 Å². The first-order chi connectivity index (χ1) is 8.86. The van der Waals surface area contributed by atoms with Gasteiger partial charge in [0.25, 0.3) is 0 Å². The van der Waals surface area contributed by atoms with Gasteiger partial charge in [0.05, 0.1) is 12.6 Å². The highest BCUT2D eigenvalue weighted by atomic mass is 19.1. The fourth-order valence-electron chi connectivity index (χ4n) is 1.86. The summed E-state index contributed by atoms with van der Waals surface area (Å²) in [6.45, 7) is 5.46. The van der Waals surface area contributed by atoms with E-state index in [9.17, 15) is 9.18 Å². The predicted molar refractivity (Wildman–Crippen MR) is 72.5 cm³/mol. The quantitative estimate of drug-likeness (QED) is 0.879. The number of rotatable bonds is 4. The van der Waals surface area contributed by atoms with Gasteiger partial charge < -0.3 is 15.3 Å². The van der Waals surface area contributed by atoms with Crippen molar-refractivity contribution in [1.82, 2.24) is 10.2 Å². The van der Waals surface area contributed by atoms with Crippen LogP contribution in [0.3, 0.4) is 0 Å². The Labute approximate surface area is 113 Å². The van der Waals surface area contributed by atoms with Gasteiger partial charge in [0.2, 0.25) is 0 Å². The molecule has 0 saturated carbocycles. The summed E-state index contributed by atoms with van der Waals surface area (Å²) in [6, 6.07) is 2.99. The van der Waals surface area contributed by atoms with E-state index < -0.39 is 0 Å². The van der Waals surface area contributed by atoms with Crippen molar-refractivity contribution in [2.75, 3.05) is 20.2 Å². The average Bonchev–Trinajstić information content (AvgIpc) is 2.35. The fourth-order valence-corrected chi connectivity index (χ4v) is 1.86. The van der Waals surface area contributed by atoms with E-state index in [0.717, 1.165) is 5.56 Å². The number of amides is 2. The normalized spacial score (nSPS) is 12.1. The number of hydrogen-bond acceptors (Lipinski definition) is 2. The van der Waals surface area contributed by atoms with Gasteiger partial charge in [-0.25, -0.2) is 9.18 Å². The van der Waals surface area contributed by atoms with Crippen LogP contribution in [0.25, 0.3) is 0 Å². The van der Waals surface area contributed by atoms with Gasteiger partial charge in [-0.1, -0.05) is 12.1 Å². The van der Waals surface area contributed by atoms with E-state index in [1.807, 2.05) is 6.92 Å². The molecule has 0 bridgehead atoms. The van der Waals surface area contributed by atoms with Crippen molar-refractivity contribution in [3.05, 3.63) is 34.6 Å². The zero-order chi connectivity index (χ0) is 14.6. The summed E-state index contributed by atoms with van der Waals surface area (Å²) in [4.78, 5) is 13.2. The smallest absolute Gasteiger partial charge is 0.317 e. The first-order valence-corrected chi connectivity index (χ1v) is 6.26. The molecule has 1 rings (SSSR count). The second-order valence-corrected chi connectivity index (χ2v) is 4.79. The van der Waals surface area contributed by atoms with Gasteiger partial charge >= 0.3 is 6.03 Å². The molecule has 106 valence electrons. The third-order valence-electron chi connectivity index (χ3n) is 3.08. The van der Waals surface area contributed by atoms with Crippen molar-refractivity contribution in [1.29, 1.82) is 0 Å². The molecule has 0 aliphatic carbocycles. The highest BCUT2D eigenvalue weighted by Gasteiger charge is 2.14. The van der Waals surface area contributed by atoms with Crippen LogP contribution in [0.5, 0.6) is 0 Å². The Bertz CT molecular complexity index is 440. The molecule has 0 spiro atoms. The van der Waals surface area contributed by atoms with Gasteiger partial charge in [-0.3, -0.25) is 0 Å². The molecule has 1 unspecified atom stereocenters. The Morgan fingerprint density at radius 1 is 1.42 bits per heavy atom. The highest BCUT2D eigenvalue weighted by Crippen LogP contribution is 2.20. The van der Waals surface area contributed by atoms with Crippen molar-refractivity contribution in [3.8, 4) is 0 Å². The minimum Gasteiger partial charge on any atom is -0.395 e. The summed E-state index contributed by atoms with van der Waals surface area (Å²) < 4.78 is 13.5. The number of nitrogens with one attached hydrogen (secondary N) is 1. The number of hydrogen-bond donors (Lipinski definition) is 2. The van der Waals surface area contributed by atoms with Gasteiger partial charge in [-0.05, 0) is 37.5 Å². The number of halogens is 1. The van der Waals surface area contributed by atoms with Gasteiger partial charge in [0.15, 0.2) is 0 Å². The zero-order valence-corrected chi connectivity index (χ0v) is 11.8. The van der Waals surface area contributed by atoms with Crippen molar-refractivity contribution in [3.63, 3.8) is 0 Å². The molecule has 2 N–H and O–H groups in total. The highest BCUT2D eigenvalue weighted by molar-refractivity contribution is 5.74. The number of carbonyl (C=O) groups excluding carboxylic acids is 1. The van der Waals surface area contributed by atoms with Crippen LogP contribution in [0.1, 0.15) is 29.7 Å². The Balaban J connectivity index is 2.78. The Kier molecular flexibility index (Phi) is 5.30. The molecule has 1 atom stereocenters. The number of carbonyl (C=O) groups is 1. The molecule has 0 heterocycles. The second kappa shape index (κ2) is 6.52. The summed E-state index contributed by atoms with van der Waals surface area (Å²) in [5, 5.41) is 11.6. The molecule has 1 aromatic rings. The molecule has 5 heteroatoms. The first kappa shape index (κ1) is 15.4. The van der Waals surface area contributed by atoms with Crippen LogP contribution in [-0.2, 0) is 0 Å². The molecule has 0 aliphatic heterocycles. The maximum Gasteiger partial charge on any atom is 0.317 e. The van der Waals surface area contributed by atoms with E-state index in [-0.39, 0.29) is 31.0 Å². The Hall–Kier alpha value is -1.62. The Morgan fingerprint density at radius 3 is 2.42 bits per heavy atom. The Morgan fingerprint density at radius 2 is 1.95 bits per heavy atom. The largest absolute Gasteiger partial charge is 0.395 e. The average molecular weight is 268 g/mol. The number of likely N-dealkylation sites (N-methyl/N-ethyl adjacent to an activating group) is 1. The summed E-state index contributed by atoms with van der Waals surface area (Å²) in [5.74, 6) is -0.209. The lowest BCUT2D eigenvalue weighted by Gasteiger charge is -2.21. The number of benzene rings is 1. The molecule has 1 aromatic carbocycles. The molecule has 0 aliphatic rings. The van der Waals surface area contributed by atoms with Gasteiger partial charge in [0, 0.05) is 13.6 Å². The molecule has 0 aromatic heterocycles. The lowest BCUT2D eigenvalue weighted by Crippen LogP contribution is -2.39. The topological polar surface area (TPSA) is 52.6 Å². The van der Waals surface area contributed by atoms with E-state index in [4.69, 9.17) is 5.11 Å². The van der Waals surface area contributed by atoms with Crippen LogP contribution < -0.4 is 5.32 Å². The summed E-state index contributed by atoms with van der Waals surface area (Å²) in [7, 11) is 1.61. The maximum absolute atomic E-state index is 13.5. The molecule has 0 radical (unpaired) electrons.